The molecule has 14 heavy (non-hydrogen) atoms. The summed E-state index contributed by atoms with van der Waals surface area (Å²) in [5.41, 5.74) is 1.41. The van der Waals surface area contributed by atoms with Crippen molar-refractivity contribution in [3.05, 3.63) is 35.1 Å². The Morgan fingerprint density at radius 2 is 2.29 bits per heavy atom. The van der Waals surface area contributed by atoms with E-state index in [1.54, 1.807) is 13.0 Å². The van der Waals surface area contributed by atoms with Gasteiger partial charge in [0.05, 0.1) is 6.04 Å². The van der Waals surface area contributed by atoms with E-state index in [4.69, 9.17) is 0 Å². The summed E-state index contributed by atoms with van der Waals surface area (Å²) in [7, 11) is 0. The highest BCUT2D eigenvalue weighted by atomic mass is 19.1. The highest BCUT2D eigenvalue weighted by Gasteiger charge is 2.21. The zero-order chi connectivity index (χ0) is 10.1. The first-order valence-electron chi connectivity index (χ1n) is 4.47. The normalized spacial score (nSPS) is 20.4. The molecule has 1 aliphatic heterocycles. The molecule has 0 unspecified atom stereocenters. The molecule has 0 bridgehead atoms. The molecular weight excluding hydrogens is 183 g/mol. The zero-order valence-electron chi connectivity index (χ0n) is 7.80. The van der Waals surface area contributed by atoms with Crippen molar-refractivity contribution in [1.82, 2.24) is 10.6 Å². The number of aryl methyl sites for hydroxylation is 1. The minimum atomic E-state index is -0.233. The lowest BCUT2D eigenvalue weighted by atomic mass is 10.1. The smallest absolute Gasteiger partial charge is 0.315 e. The highest BCUT2D eigenvalue weighted by Crippen LogP contribution is 2.18. The van der Waals surface area contributed by atoms with Crippen molar-refractivity contribution in [3.8, 4) is 0 Å². The number of hydrogen-bond acceptors (Lipinski definition) is 1. The Kier molecular flexibility index (Phi) is 2.11. The van der Waals surface area contributed by atoms with Crippen LogP contribution in [0.1, 0.15) is 17.2 Å². The lowest BCUT2D eigenvalue weighted by molar-refractivity contribution is 0.247. The largest absolute Gasteiger partial charge is 0.336 e. The van der Waals surface area contributed by atoms with E-state index in [1.165, 1.54) is 6.07 Å². The highest BCUT2D eigenvalue weighted by molar-refractivity contribution is 5.76. The van der Waals surface area contributed by atoms with E-state index < -0.39 is 0 Å². The summed E-state index contributed by atoms with van der Waals surface area (Å²) in [4.78, 5) is 10.9. The number of benzene rings is 1. The van der Waals surface area contributed by atoms with Gasteiger partial charge in [-0.2, -0.15) is 0 Å². The van der Waals surface area contributed by atoms with Gasteiger partial charge in [-0.15, -0.1) is 0 Å². The van der Waals surface area contributed by atoms with E-state index in [0.29, 0.717) is 12.1 Å². The number of amides is 2. The fourth-order valence-electron chi connectivity index (χ4n) is 1.48. The van der Waals surface area contributed by atoms with Gasteiger partial charge in [-0.25, -0.2) is 9.18 Å². The second kappa shape index (κ2) is 3.29. The van der Waals surface area contributed by atoms with Crippen molar-refractivity contribution >= 4 is 6.03 Å². The number of urea groups is 1. The van der Waals surface area contributed by atoms with Gasteiger partial charge in [-0.3, -0.25) is 0 Å². The Morgan fingerprint density at radius 3 is 2.86 bits per heavy atom. The van der Waals surface area contributed by atoms with Gasteiger partial charge in [0, 0.05) is 6.54 Å². The summed E-state index contributed by atoms with van der Waals surface area (Å²) in [6, 6.07) is 4.70. The third-order valence-corrected chi connectivity index (χ3v) is 2.37. The quantitative estimate of drug-likeness (QED) is 0.698. The molecule has 1 aromatic carbocycles. The lowest BCUT2D eigenvalue weighted by Crippen LogP contribution is -2.21. The molecule has 0 aliphatic carbocycles. The van der Waals surface area contributed by atoms with Crippen molar-refractivity contribution in [1.29, 1.82) is 0 Å². The predicted molar refractivity (Wildman–Crippen MR) is 50.4 cm³/mol. The van der Waals surface area contributed by atoms with E-state index in [2.05, 4.69) is 10.6 Å². The summed E-state index contributed by atoms with van der Waals surface area (Å²) in [5.74, 6) is -0.233. The molecule has 0 spiro atoms. The first-order valence-corrected chi connectivity index (χ1v) is 4.47. The van der Waals surface area contributed by atoms with Crippen LogP contribution in [0.15, 0.2) is 18.2 Å². The number of carbonyl (C=O) groups excluding carboxylic acids is 1. The third-order valence-electron chi connectivity index (χ3n) is 2.37. The molecule has 0 radical (unpaired) electrons. The van der Waals surface area contributed by atoms with Crippen molar-refractivity contribution in [3.63, 3.8) is 0 Å². The van der Waals surface area contributed by atoms with Crippen LogP contribution < -0.4 is 10.6 Å². The van der Waals surface area contributed by atoms with Crippen LogP contribution in [0.25, 0.3) is 0 Å². The molecule has 1 heterocycles. The maximum atomic E-state index is 13.2. The molecule has 3 nitrogen and oxygen atoms in total. The zero-order valence-corrected chi connectivity index (χ0v) is 7.80. The predicted octanol–water partition coefficient (Wildman–Crippen LogP) is 1.49. The molecule has 74 valence electrons. The number of halogens is 1. The molecular formula is C10H11FN2O. The first kappa shape index (κ1) is 8.99. The summed E-state index contributed by atoms with van der Waals surface area (Å²) in [6.45, 7) is 2.23. The van der Waals surface area contributed by atoms with Crippen LogP contribution in [0.3, 0.4) is 0 Å². The van der Waals surface area contributed by atoms with Gasteiger partial charge >= 0.3 is 6.03 Å². The van der Waals surface area contributed by atoms with Gasteiger partial charge in [0.2, 0.25) is 0 Å². The van der Waals surface area contributed by atoms with Gasteiger partial charge in [0.15, 0.2) is 0 Å². The van der Waals surface area contributed by atoms with Gasteiger partial charge in [0.1, 0.15) is 5.82 Å². The van der Waals surface area contributed by atoms with Gasteiger partial charge in [-0.1, -0.05) is 12.1 Å². The average molecular weight is 194 g/mol. The summed E-state index contributed by atoms with van der Waals surface area (Å²) >= 11 is 0. The molecule has 2 amide bonds. The molecule has 0 saturated carbocycles. The van der Waals surface area contributed by atoms with Crippen LogP contribution in [0.2, 0.25) is 0 Å². The van der Waals surface area contributed by atoms with E-state index in [0.717, 1.165) is 5.56 Å². The number of carbonyl (C=O) groups is 1. The fraction of sp³-hybridized carbons (Fsp3) is 0.300. The summed E-state index contributed by atoms with van der Waals surface area (Å²) in [6.07, 6.45) is 0. The molecule has 1 aromatic rings. The van der Waals surface area contributed by atoms with E-state index >= 15 is 0 Å². The van der Waals surface area contributed by atoms with Crippen LogP contribution in [0, 0.1) is 12.7 Å². The monoisotopic (exact) mass is 194 g/mol. The van der Waals surface area contributed by atoms with E-state index in [9.17, 15) is 9.18 Å². The summed E-state index contributed by atoms with van der Waals surface area (Å²) < 4.78 is 13.2. The van der Waals surface area contributed by atoms with Gasteiger partial charge < -0.3 is 10.6 Å². The lowest BCUT2D eigenvalue weighted by Gasteiger charge is -2.09. The minimum absolute atomic E-state index is 0.113. The maximum Gasteiger partial charge on any atom is 0.315 e. The van der Waals surface area contributed by atoms with E-state index in [-0.39, 0.29) is 17.9 Å². The number of rotatable bonds is 1. The second-order valence-electron chi connectivity index (χ2n) is 3.42. The third kappa shape index (κ3) is 1.55. The molecule has 1 saturated heterocycles. The molecule has 0 aromatic heterocycles. The van der Waals surface area contributed by atoms with Gasteiger partial charge in [0.25, 0.3) is 0 Å². The Morgan fingerprint density at radius 1 is 1.50 bits per heavy atom. The maximum absolute atomic E-state index is 13.2. The van der Waals surface area contributed by atoms with Crippen LogP contribution in [0.5, 0.6) is 0 Å². The Bertz CT molecular complexity index is 378. The Hall–Kier alpha value is -1.58. The molecule has 2 N–H and O–H groups in total. The Balaban J connectivity index is 2.24. The Labute approximate surface area is 81.3 Å². The van der Waals surface area contributed by atoms with Crippen LogP contribution in [0.4, 0.5) is 9.18 Å². The minimum Gasteiger partial charge on any atom is -0.336 e. The second-order valence-corrected chi connectivity index (χ2v) is 3.42. The van der Waals surface area contributed by atoms with Crippen LogP contribution in [-0.4, -0.2) is 12.6 Å². The number of hydrogen-bond donors (Lipinski definition) is 2. The average Bonchev–Trinajstić information content (AvgIpc) is 2.57. The molecule has 2 rings (SSSR count). The molecule has 4 heteroatoms. The topological polar surface area (TPSA) is 41.1 Å². The van der Waals surface area contributed by atoms with E-state index in [1.807, 2.05) is 6.07 Å². The molecule has 1 aliphatic rings. The van der Waals surface area contributed by atoms with Crippen molar-refractivity contribution in [2.24, 2.45) is 0 Å². The number of nitrogens with one attached hydrogen (secondary N) is 2. The van der Waals surface area contributed by atoms with Crippen LogP contribution in [-0.2, 0) is 0 Å². The van der Waals surface area contributed by atoms with Crippen LogP contribution >= 0.6 is 0 Å². The van der Waals surface area contributed by atoms with Crippen molar-refractivity contribution in [2.45, 2.75) is 13.0 Å². The first-order chi connectivity index (χ1) is 6.66. The van der Waals surface area contributed by atoms with Crippen molar-refractivity contribution in [2.75, 3.05) is 6.54 Å². The standard InChI is InChI=1S/C10H11FN2O/c1-6-2-3-7(4-8(6)11)9-5-12-10(14)13-9/h2-4,9H,5H2,1H3,(H2,12,13,14)/t9-/m1/s1. The summed E-state index contributed by atoms with van der Waals surface area (Å²) in [5, 5.41) is 5.33. The molecule has 1 fully saturated rings. The SMILES string of the molecule is Cc1ccc([C@H]2CNC(=O)N2)cc1F. The van der Waals surface area contributed by atoms with Crippen molar-refractivity contribution < 1.29 is 9.18 Å². The fourth-order valence-corrected chi connectivity index (χ4v) is 1.48. The van der Waals surface area contributed by atoms with Gasteiger partial charge in [-0.05, 0) is 24.1 Å². The molecule has 1 atom stereocenters.